The van der Waals surface area contributed by atoms with Crippen LogP contribution in [0.25, 0.3) is 11.6 Å². The number of nitrogens with zero attached hydrogens (tertiary/aromatic N) is 2. The fourth-order valence-corrected chi connectivity index (χ4v) is 5.55. The molecule has 200 valence electrons. The molecule has 0 aromatic heterocycles. The van der Waals surface area contributed by atoms with E-state index in [0.29, 0.717) is 23.6 Å². The number of aliphatic carboxylic acids is 1. The molecule has 0 spiro atoms. The van der Waals surface area contributed by atoms with Crippen molar-refractivity contribution in [1.29, 1.82) is 0 Å². The van der Waals surface area contributed by atoms with Gasteiger partial charge in [0.25, 0.3) is 0 Å². The van der Waals surface area contributed by atoms with Crippen LogP contribution in [-0.2, 0) is 11.2 Å². The van der Waals surface area contributed by atoms with Crippen LogP contribution in [0, 0.1) is 5.82 Å². The van der Waals surface area contributed by atoms with Gasteiger partial charge in [0.1, 0.15) is 5.82 Å². The molecule has 2 aliphatic rings. The van der Waals surface area contributed by atoms with E-state index in [-0.39, 0.29) is 17.9 Å². The highest BCUT2D eigenvalue weighted by Crippen LogP contribution is 2.44. The second-order valence-electron chi connectivity index (χ2n) is 10.3. The molecular weight excluding hydrogens is 489 g/mol. The molecule has 3 aromatic rings. The molecule has 39 heavy (non-hydrogen) atoms. The normalized spacial score (nSPS) is 19.6. The molecule has 1 saturated carbocycles. The Kier molecular flexibility index (Phi) is 7.64. The van der Waals surface area contributed by atoms with Crippen molar-refractivity contribution in [2.24, 2.45) is 10.7 Å². The monoisotopic (exact) mass is 523 g/mol. The number of carboxylic acid groups (broad SMARTS) is 1. The van der Waals surface area contributed by atoms with Gasteiger partial charge in [-0.05, 0) is 91.1 Å². The molecule has 0 radical (unpaired) electrons. The Labute approximate surface area is 229 Å². The Morgan fingerprint density at radius 1 is 1.10 bits per heavy atom. The van der Waals surface area contributed by atoms with Gasteiger partial charge in [0.05, 0.1) is 6.04 Å². The quantitative estimate of drug-likeness (QED) is 0.253. The Morgan fingerprint density at radius 2 is 1.85 bits per heavy atom. The molecular formula is C33H34FN3O2. The Hall–Kier alpha value is -4.19. The Morgan fingerprint density at radius 3 is 2.49 bits per heavy atom. The largest absolute Gasteiger partial charge is 0.478 e. The van der Waals surface area contributed by atoms with E-state index < -0.39 is 5.97 Å². The van der Waals surface area contributed by atoms with E-state index in [0.717, 1.165) is 40.4 Å². The fraction of sp³-hybridized carbons (Fsp3) is 0.273. The summed E-state index contributed by atoms with van der Waals surface area (Å²) in [6.45, 7) is 4.83. The molecule has 3 aromatic carbocycles. The minimum Gasteiger partial charge on any atom is -0.478 e. The van der Waals surface area contributed by atoms with Gasteiger partial charge in [-0.2, -0.15) is 0 Å². The van der Waals surface area contributed by atoms with Crippen molar-refractivity contribution in [3.05, 3.63) is 112 Å². The lowest BCUT2D eigenvalue weighted by Crippen LogP contribution is -2.43. The second-order valence-corrected chi connectivity index (χ2v) is 10.3. The van der Waals surface area contributed by atoms with Gasteiger partial charge < -0.3 is 15.7 Å². The van der Waals surface area contributed by atoms with E-state index in [4.69, 9.17) is 10.8 Å². The summed E-state index contributed by atoms with van der Waals surface area (Å²) < 4.78 is 15.8. The summed E-state index contributed by atoms with van der Waals surface area (Å²) in [5.41, 5.74) is 13.4. The van der Waals surface area contributed by atoms with Gasteiger partial charge in [-0.3, -0.25) is 4.99 Å². The second kappa shape index (κ2) is 11.3. The van der Waals surface area contributed by atoms with Gasteiger partial charge in [-0.1, -0.05) is 42.5 Å². The summed E-state index contributed by atoms with van der Waals surface area (Å²) in [4.78, 5) is 17.6. The molecule has 6 heteroatoms. The van der Waals surface area contributed by atoms with Crippen molar-refractivity contribution in [2.75, 3.05) is 11.4 Å². The number of rotatable bonds is 8. The van der Waals surface area contributed by atoms with Gasteiger partial charge in [0, 0.05) is 47.9 Å². The van der Waals surface area contributed by atoms with Gasteiger partial charge in [0.2, 0.25) is 0 Å². The van der Waals surface area contributed by atoms with Crippen LogP contribution in [0.1, 0.15) is 72.0 Å². The number of carboxylic acids is 1. The average molecular weight is 524 g/mol. The molecule has 0 bridgehead atoms. The van der Waals surface area contributed by atoms with E-state index in [2.05, 4.69) is 53.2 Å². The van der Waals surface area contributed by atoms with Gasteiger partial charge >= 0.3 is 5.97 Å². The lowest BCUT2D eigenvalue weighted by atomic mass is 9.82. The Bertz CT molecular complexity index is 1450. The predicted octanol–water partition coefficient (Wildman–Crippen LogP) is 6.73. The highest BCUT2D eigenvalue weighted by molar-refractivity contribution is 6.09. The number of hydrogen-bond donors (Lipinski definition) is 2. The molecule has 1 fully saturated rings. The van der Waals surface area contributed by atoms with Gasteiger partial charge in [0.15, 0.2) is 0 Å². The van der Waals surface area contributed by atoms with Crippen LogP contribution in [0.3, 0.4) is 0 Å². The lowest BCUT2D eigenvalue weighted by Gasteiger charge is -2.44. The molecule has 3 N–H and O–H groups in total. The molecule has 5 rings (SSSR count). The third kappa shape index (κ3) is 5.65. The third-order valence-corrected chi connectivity index (χ3v) is 7.61. The lowest BCUT2D eigenvalue weighted by molar-refractivity contribution is -0.131. The molecule has 0 saturated heterocycles. The maximum absolute atomic E-state index is 15.8. The van der Waals surface area contributed by atoms with E-state index in [1.54, 1.807) is 24.5 Å². The van der Waals surface area contributed by atoms with Crippen LogP contribution in [-0.4, -0.2) is 29.9 Å². The zero-order chi connectivity index (χ0) is 27.5. The highest BCUT2D eigenvalue weighted by Gasteiger charge is 2.35. The molecule has 1 heterocycles. The first kappa shape index (κ1) is 26.4. The van der Waals surface area contributed by atoms with Crippen LogP contribution >= 0.6 is 0 Å². The first-order valence-corrected chi connectivity index (χ1v) is 13.5. The average Bonchev–Trinajstić information content (AvgIpc) is 3.78. The molecule has 1 aliphatic carbocycles. The van der Waals surface area contributed by atoms with Crippen LogP contribution in [0.5, 0.6) is 0 Å². The Balaban J connectivity index is 1.61. The maximum Gasteiger partial charge on any atom is 0.328 e. The van der Waals surface area contributed by atoms with Gasteiger partial charge in [-0.25, -0.2) is 9.18 Å². The van der Waals surface area contributed by atoms with Crippen molar-refractivity contribution in [3.63, 3.8) is 0 Å². The van der Waals surface area contributed by atoms with E-state index in [1.807, 2.05) is 13.0 Å². The number of anilines is 1. The number of allylic oxidation sites excluding steroid dienone is 1. The highest BCUT2D eigenvalue weighted by atomic mass is 19.1. The maximum atomic E-state index is 15.8. The minimum absolute atomic E-state index is 0.102. The molecule has 2 atom stereocenters. The molecule has 1 aliphatic heterocycles. The van der Waals surface area contributed by atoms with Crippen molar-refractivity contribution in [3.8, 4) is 0 Å². The zero-order valence-corrected chi connectivity index (χ0v) is 22.3. The summed E-state index contributed by atoms with van der Waals surface area (Å²) in [6, 6.07) is 19.7. The number of benzene rings is 3. The number of aliphatic imine (C=N–C) groups is 1. The molecule has 5 nitrogen and oxygen atoms in total. The SMILES string of the molecule is CCN=CC(=CN)c1ccc2c(c1)CC(C)N(c1ccc(C3CC3)cc1)C2c1ccc(/C=C/C(=O)O)cc1F. The summed E-state index contributed by atoms with van der Waals surface area (Å²) in [5.74, 6) is -0.771. The zero-order valence-electron chi connectivity index (χ0n) is 22.3. The number of hydrogen-bond acceptors (Lipinski definition) is 4. The summed E-state index contributed by atoms with van der Waals surface area (Å²) >= 11 is 0. The van der Waals surface area contributed by atoms with Gasteiger partial charge in [-0.15, -0.1) is 0 Å². The number of nitrogens with two attached hydrogens (primary N) is 1. The van der Waals surface area contributed by atoms with Crippen LogP contribution < -0.4 is 10.6 Å². The smallest absolute Gasteiger partial charge is 0.328 e. The van der Waals surface area contributed by atoms with E-state index in [1.165, 1.54) is 30.5 Å². The van der Waals surface area contributed by atoms with E-state index >= 15 is 4.39 Å². The third-order valence-electron chi connectivity index (χ3n) is 7.61. The first-order valence-electron chi connectivity index (χ1n) is 13.5. The number of halogens is 1. The predicted molar refractivity (Wildman–Crippen MR) is 157 cm³/mol. The molecule has 2 unspecified atom stereocenters. The number of carbonyl (C=O) groups is 1. The van der Waals surface area contributed by atoms with Crippen LogP contribution in [0.4, 0.5) is 10.1 Å². The summed E-state index contributed by atoms with van der Waals surface area (Å²) in [7, 11) is 0. The fourth-order valence-electron chi connectivity index (χ4n) is 5.55. The summed E-state index contributed by atoms with van der Waals surface area (Å²) in [6.07, 6.45) is 9.08. The first-order chi connectivity index (χ1) is 18.9. The summed E-state index contributed by atoms with van der Waals surface area (Å²) in [5, 5.41) is 8.98. The topological polar surface area (TPSA) is 78.9 Å². The van der Waals surface area contributed by atoms with Crippen molar-refractivity contribution < 1.29 is 14.3 Å². The number of fused-ring (bicyclic) bond motifs is 1. The van der Waals surface area contributed by atoms with Crippen LogP contribution in [0.15, 0.2) is 77.9 Å². The van der Waals surface area contributed by atoms with Crippen molar-refractivity contribution in [1.82, 2.24) is 0 Å². The van der Waals surface area contributed by atoms with Crippen molar-refractivity contribution in [2.45, 2.75) is 51.1 Å². The van der Waals surface area contributed by atoms with E-state index in [9.17, 15) is 4.79 Å². The standard InChI is InChI=1S/C33H34FN3O2/c1-3-36-20-27(19-35)25-10-14-29-26(18-25)16-21(2)37(28-11-8-24(9-12-28)23-6-7-23)33(29)30-13-4-22(17-31(30)34)5-15-32(38)39/h4-5,8-15,17-21,23,33H,3,6-7,16,35H2,1-2H3,(H,38,39)/b15-5+,27-19?,36-20?. The molecule has 0 amide bonds. The van der Waals surface area contributed by atoms with Crippen LogP contribution in [0.2, 0.25) is 0 Å². The minimum atomic E-state index is -1.07. The van der Waals surface area contributed by atoms with Crippen molar-refractivity contribution >= 4 is 29.5 Å².